The average Bonchev–Trinajstić information content (AvgIpc) is 2.24. The molecule has 0 aliphatic carbocycles. The minimum atomic E-state index is -1.12. The molecule has 0 radical (unpaired) electrons. The lowest BCUT2D eigenvalue weighted by Gasteiger charge is -2.38. The van der Waals surface area contributed by atoms with Crippen LogP contribution in [0.5, 0.6) is 0 Å². The minimum Gasteiger partial charge on any atom is -0.388 e. The van der Waals surface area contributed by atoms with Gasteiger partial charge in [0.2, 0.25) is 0 Å². The summed E-state index contributed by atoms with van der Waals surface area (Å²) in [5, 5.41) is 16.8. The maximum absolute atomic E-state index is 12.4. The van der Waals surface area contributed by atoms with Crippen LogP contribution in [0.1, 0.15) is 49.3 Å². The lowest BCUT2D eigenvalue weighted by molar-refractivity contribution is -0.00299. The maximum atomic E-state index is 12.4. The van der Waals surface area contributed by atoms with E-state index in [9.17, 15) is 14.7 Å². The first-order chi connectivity index (χ1) is 8.88. The highest BCUT2D eigenvalue weighted by molar-refractivity contribution is 5.95. The summed E-state index contributed by atoms with van der Waals surface area (Å²) in [7, 11) is 1.51. The Balaban J connectivity index is 3.28. The van der Waals surface area contributed by atoms with E-state index in [2.05, 4.69) is 10.4 Å². The standard InChI is InChI=1S/C14H23N3O3/c1-8-9(2)16-17(7)12(19)10(8)11(18)15-13(3,4)14(5,6)20/h20H,1-7H3,(H,15,18). The number of amides is 1. The van der Waals surface area contributed by atoms with Crippen LogP contribution in [0, 0.1) is 13.8 Å². The third kappa shape index (κ3) is 2.90. The smallest absolute Gasteiger partial charge is 0.279 e. The van der Waals surface area contributed by atoms with Crippen molar-refractivity contribution in [3.63, 3.8) is 0 Å². The fourth-order valence-corrected chi connectivity index (χ4v) is 1.62. The molecule has 0 aliphatic heterocycles. The van der Waals surface area contributed by atoms with Crippen molar-refractivity contribution in [1.82, 2.24) is 15.1 Å². The maximum Gasteiger partial charge on any atom is 0.279 e. The van der Waals surface area contributed by atoms with E-state index in [0.29, 0.717) is 11.3 Å². The Labute approximate surface area is 118 Å². The minimum absolute atomic E-state index is 0.0670. The van der Waals surface area contributed by atoms with Crippen molar-refractivity contribution < 1.29 is 9.90 Å². The van der Waals surface area contributed by atoms with Gasteiger partial charge in [0.15, 0.2) is 0 Å². The monoisotopic (exact) mass is 281 g/mol. The zero-order chi connectivity index (χ0) is 15.9. The number of nitrogens with zero attached hydrogens (tertiary/aromatic N) is 2. The van der Waals surface area contributed by atoms with Crippen LogP contribution in [0.2, 0.25) is 0 Å². The van der Waals surface area contributed by atoms with Gasteiger partial charge in [-0.15, -0.1) is 0 Å². The first-order valence-corrected chi connectivity index (χ1v) is 6.48. The molecule has 2 N–H and O–H groups in total. The van der Waals surface area contributed by atoms with Gasteiger partial charge in [-0.1, -0.05) is 0 Å². The molecule has 0 spiro atoms. The fraction of sp³-hybridized carbons (Fsp3) is 0.643. The Hall–Kier alpha value is -1.69. The van der Waals surface area contributed by atoms with Crippen molar-refractivity contribution in [2.45, 2.75) is 52.7 Å². The van der Waals surface area contributed by atoms with E-state index in [-0.39, 0.29) is 5.56 Å². The summed E-state index contributed by atoms with van der Waals surface area (Å²) in [5.74, 6) is -0.499. The molecule has 0 bridgehead atoms. The van der Waals surface area contributed by atoms with Gasteiger partial charge >= 0.3 is 0 Å². The van der Waals surface area contributed by atoms with Crippen molar-refractivity contribution in [2.75, 3.05) is 0 Å². The Morgan fingerprint density at radius 2 is 1.75 bits per heavy atom. The molecule has 0 fully saturated rings. The van der Waals surface area contributed by atoms with Crippen molar-refractivity contribution >= 4 is 5.91 Å². The van der Waals surface area contributed by atoms with Crippen LogP contribution in [-0.2, 0) is 7.05 Å². The molecule has 1 aromatic heterocycles. The van der Waals surface area contributed by atoms with Gasteiger partial charge in [-0.2, -0.15) is 5.10 Å². The van der Waals surface area contributed by atoms with Crippen LogP contribution in [0.25, 0.3) is 0 Å². The molecule has 0 atom stereocenters. The second kappa shape index (κ2) is 5.01. The van der Waals surface area contributed by atoms with Crippen LogP contribution >= 0.6 is 0 Å². The normalized spacial score (nSPS) is 12.4. The topological polar surface area (TPSA) is 84.2 Å². The number of hydrogen-bond donors (Lipinski definition) is 2. The van der Waals surface area contributed by atoms with Gasteiger partial charge in [0, 0.05) is 7.05 Å². The van der Waals surface area contributed by atoms with Gasteiger partial charge in [-0.3, -0.25) is 9.59 Å². The van der Waals surface area contributed by atoms with Crippen molar-refractivity contribution in [2.24, 2.45) is 7.05 Å². The highest BCUT2D eigenvalue weighted by Gasteiger charge is 2.37. The largest absolute Gasteiger partial charge is 0.388 e. The Bertz CT molecular complexity index is 595. The number of aryl methyl sites for hydroxylation is 2. The number of aromatic nitrogens is 2. The summed E-state index contributed by atoms with van der Waals surface area (Å²) >= 11 is 0. The average molecular weight is 281 g/mol. The first kappa shape index (κ1) is 16.4. The molecule has 112 valence electrons. The first-order valence-electron chi connectivity index (χ1n) is 6.48. The van der Waals surface area contributed by atoms with E-state index in [1.54, 1.807) is 41.5 Å². The molecule has 20 heavy (non-hydrogen) atoms. The SMILES string of the molecule is Cc1nn(C)c(=O)c(C(=O)NC(C)(C)C(C)(C)O)c1C. The fourth-order valence-electron chi connectivity index (χ4n) is 1.62. The number of aliphatic hydroxyl groups is 1. The van der Waals surface area contributed by atoms with Crippen LogP contribution in [0.4, 0.5) is 0 Å². The lowest BCUT2D eigenvalue weighted by Crippen LogP contribution is -2.58. The summed E-state index contributed by atoms with van der Waals surface area (Å²) in [6.07, 6.45) is 0. The predicted molar refractivity (Wildman–Crippen MR) is 76.8 cm³/mol. The Morgan fingerprint density at radius 1 is 1.25 bits per heavy atom. The number of carbonyl (C=O) groups is 1. The van der Waals surface area contributed by atoms with Crippen LogP contribution in [-0.4, -0.2) is 31.9 Å². The number of hydrogen-bond acceptors (Lipinski definition) is 4. The lowest BCUT2D eigenvalue weighted by atomic mass is 9.85. The van der Waals surface area contributed by atoms with Crippen LogP contribution < -0.4 is 10.9 Å². The van der Waals surface area contributed by atoms with E-state index >= 15 is 0 Å². The zero-order valence-electron chi connectivity index (χ0n) is 13.2. The number of carbonyl (C=O) groups excluding carboxylic acids is 1. The molecule has 0 aliphatic rings. The molecule has 0 saturated heterocycles. The molecule has 0 saturated carbocycles. The summed E-state index contributed by atoms with van der Waals surface area (Å²) < 4.78 is 1.15. The molecule has 6 heteroatoms. The molecular weight excluding hydrogens is 258 g/mol. The second-order valence-electron chi connectivity index (χ2n) is 6.15. The van der Waals surface area contributed by atoms with E-state index in [1.165, 1.54) is 7.05 Å². The number of nitrogens with one attached hydrogen (secondary N) is 1. The van der Waals surface area contributed by atoms with Gasteiger partial charge < -0.3 is 10.4 Å². The summed E-state index contributed by atoms with van der Waals surface area (Å²) in [6, 6.07) is 0. The van der Waals surface area contributed by atoms with Crippen molar-refractivity contribution in [1.29, 1.82) is 0 Å². The molecule has 1 aromatic rings. The predicted octanol–water partition coefficient (Wildman–Crippen LogP) is 0.676. The second-order valence-corrected chi connectivity index (χ2v) is 6.15. The van der Waals surface area contributed by atoms with Gasteiger partial charge in [-0.05, 0) is 47.1 Å². The summed E-state index contributed by atoms with van der Waals surface area (Å²) in [4.78, 5) is 24.5. The quantitative estimate of drug-likeness (QED) is 0.853. The van der Waals surface area contributed by atoms with Crippen LogP contribution in [0.15, 0.2) is 4.79 Å². The van der Waals surface area contributed by atoms with E-state index in [0.717, 1.165) is 4.68 Å². The van der Waals surface area contributed by atoms with E-state index in [4.69, 9.17) is 0 Å². The molecular formula is C14H23N3O3. The Morgan fingerprint density at radius 3 is 2.20 bits per heavy atom. The third-order valence-corrected chi connectivity index (χ3v) is 3.91. The molecule has 1 rings (SSSR count). The summed E-state index contributed by atoms with van der Waals surface area (Å²) in [6.45, 7) is 10.1. The molecule has 1 heterocycles. The highest BCUT2D eigenvalue weighted by atomic mass is 16.3. The molecule has 6 nitrogen and oxygen atoms in total. The van der Waals surface area contributed by atoms with Gasteiger partial charge in [0.25, 0.3) is 11.5 Å². The highest BCUT2D eigenvalue weighted by Crippen LogP contribution is 2.21. The van der Waals surface area contributed by atoms with Gasteiger partial charge in [0.05, 0.1) is 16.8 Å². The van der Waals surface area contributed by atoms with Crippen molar-refractivity contribution in [3.05, 3.63) is 27.2 Å². The Kier molecular flexibility index (Phi) is 4.10. The zero-order valence-corrected chi connectivity index (χ0v) is 13.2. The molecule has 0 unspecified atom stereocenters. The molecule has 1 amide bonds. The molecule has 0 aromatic carbocycles. The van der Waals surface area contributed by atoms with Crippen molar-refractivity contribution in [3.8, 4) is 0 Å². The number of rotatable bonds is 3. The third-order valence-electron chi connectivity index (χ3n) is 3.91. The van der Waals surface area contributed by atoms with E-state index < -0.39 is 22.6 Å². The van der Waals surface area contributed by atoms with Gasteiger partial charge in [-0.25, -0.2) is 4.68 Å². The van der Waals surface area contributed by atoms with Crippen LogP contribution in [0.3, 0.4) is 0 Å². The summed E-state index contributed by atoms with van der Waals surface area (Å²) in [5.41, 5.74) is -1.20. The van der Waals surface area contributed by atoms with E-state index in [1.807, 2.05) is 0 Å². The van der Waals surface area contributed by atoms with Gasteiger partial charge in [0.1, 0.15) is 5.56 Å².